The van der Waals surface area contributed by atoms with Gasteiger partial charge < -0.3 is 5.11 Å². The van der Waals surface area contributed by atoms with Gasteiger partial charge in [0.1, 0.15) is 12.2 Å². The number of alkyl halides is 3. The average molecular weight is 576 g/mol. The molecule has 40 heavy (non-hydrogen) atoms. The zero-order valence-corrected chi connectivity index (χ0v) is 24.1. The van der Waals surface area contributed by atoms with Crippen LogP contribution < -0.4 is 0 Å². The van der Waals surface area contributed by atoms with Gasteiger partial charge in [0.05, 0.1) is 6.10 Å². The van der Waals surface area contributed by atoms with Gasteiger partial charge in [0.2, 0.25) is 5.12 Å². The molecule has 0 radical (unpaired) electrons. The Kier molecular flexibility index (Phi) is 6.36. The van der Waals surface area contributed by atoms with E-state index < -0.39 is 68.5 Å². The zero-order valence-electron chi connectivity index (χ0n) is 23.3. The number of hydrogen-bond donors (Lipinski definition) is 1. The molecule has 4 aliphatic carbocycles. The van der Waals surface area contributed by atoms with E-state index in [9.17, 15) is 19.1 Å². The molecular formula is C31H36F3NO4S. The molecule has 9 heteroatoms. The van der Waals surface area contributed by atoms with Crippen molar-refractivity contribution in [2.75, 3.05) is 12.6 Å². The summed E-state index contributed by atoms with van der Waals surface area (Å²) in [6.45, 7) is 8.07. The monoisotopic (exact) mass is 575 g/mol. The third kappa shape index (κ3) is 3.35. The molecule has 1 aromatic carbocycles. The number of benzene rings is 1. The van der Waals surface area contributed by atoms with Crippen LogP contribution in [0, 0.1) is 35.0 Å². The quantitative estimate of drug-likeness (QED) is 0.504. The summed E-state index contributed by atoms with van der Waals surface area (Å²) in [5.74, 6) is -1.77. The maximum Gasteiger partial charge on any atom is 0.226 e. The summed E-state index contributed by atoms with van der Waals surface area (Å²) >= 11 is 0.543. The van der Waals surface area contributed by atoms with Crippen molar-refractivity contribution in [1.29, 1.82) is 0 Å². The van der Waals surface area contributed by atoms with E-state index in [-0.39, 0.29) is 18.4 Å². The van der Waals surface area contributed by atoms with Crippen LogP contribution in [0.2, 0.25) is 0 Å². The number of carbonyl (C=O) groups is 2. The number of carbonyl (C=O) groups excluding carboxylic acids is 2. The summed E-state index contributed by atoms with van der Waals surface area (Å²) in [4.78, 5) is 32.6. The maximum atomic E-state index is 17.7. The lowest BCUT2D eigenvalue weighted by Crippen LogP contribution is -2.73. The van der Waals surface area contributed by atoms with Crippen LogP contribution in [0.3, 0.4) is 0 Å². The molecule has 1 aromatic rings. The number of thioether (sulfide) groups is 1. The van der Waals surface area contributed by atoms with Crippen molar-refractivity contribution >= 4 is 22.7 Å². The highest BCUT2D eigenvalue weighted by Crippen LogP contribution is 2.78. The number of allylic oxidation sites excluding steroid dienone is 4. The molecule has 0 spiro atoms. The zero-order chi connectivity index (χ0) is 28.9. The molecule has 5 aliphatic rings. The number of halogens is 3. The summed E-state index contributed by atoms with van der Waals surface area (Å²) in [5.41, 5.74) is -5.23. The van der Waals surface area contributed by atoms with Crippen molar-refractivity contribution in [2.45, 2.75) is 77.0 Å². The fourth-order valence-corrected chi connectivity index (χ4v) is 10.1. The molecule has 1 N–H and O–H groups in total. The van der Waals surface area contributed by atoms with Crippen molar-refractivity contribution in [3.63, 3.8) is 0 Å². The largest absolute Gasteiger partial charge is 0.390 e. The summed E-state index contributed by atoms with van der Waals surface area (Å²) in [5, 5.41) is 13.0. The minimum atomic E-state index is -2.27. The molecule has 3 saturated carbocycles. The topological polar surface area (TPSA) is 66.8 Å². The predicted molar refractivity (Wildman–Crippen MR) is 146 cm³/mol. The molecule has 1 saturated heterocycles. The number of aliphatic hydroxyl groups excluding tert-OH is 1. The highest BCUT2D eigenvalue weighted by atomic mass is 32.2. The maximum absolute atomic E-state index is 17.7. The molecular weight excluding hydrogens is 539 g/mol. The van der Waals surface area contributed by atoms with Crippen LogP contribution in [0.25, 0.3) is 0 Å². The van der Waals surface area contributed by atoms with Gasteiger partial charge in [-0.2, -0.15) is 5.06 Å². The molecule has 1 aliphatic heterocycles. The average Bonchev–Trinajstić information content (AvgIpc) is 3.33. The Labute approximate surface area is 237 Å². The molecule has 6 rings (SSSR count). The van der Waals surface area contributed by atoms with E-state index in [0.717, 1.165) is 11.1 Å². The minimum absolute atomic E-state index is 0.0579. The van der Waals surface area contributed by atoms with Gasteiger partial charge >= 0.3 is 0 Å². The highest BCUT2D eigenvalue weighted by Gasteiger charge is 2.83. The Morgan fingerprint density at radius 1 is 1.25 bits per heavy atom. The molecule has 0 bridgehead atoms. The third-order valence-electron chi connectivity index (χ3n) is 11.4. The summed E-state index contributed by atoms with van der Waals surface area (Å²) < 4.78 is 47.3. The van der Waals surface area contributed by atoms with Crippen LogP contribution in [0.5, 0.6) is 0 Å². The lowest BCUT2D eigenvalue weighted by molar-refractivity contribution is -0.286. The fourth-order valence-electron chi connectivity index (χ4n) is 9.38. The first-order chi connectivity index (χ1) is 18.8. The number of aryl methyl sites for hydroxylation is 1. The van der Waals surface area contributed by atoms with Gasteiger partial charge in [-0.15, -0.1) is 0 Å². The van der Waals surface area contributed by atoms with Gasteiger partial charge in [-0.1, -0.05) is 61.5 Å². The molecule has 0 aromatic heterocycles. The molecule has 0 unspecified atom stereocenters. The van der Waals surface area contributed by atoms with Crippen molar-refractivity contribution in [2.24, 2.45) is 28.1 Å². The lowest BCUT2D eigenvalue weighted by Gasteiger charge is -2.67. The van der Waals surface area contributed by atoms with E-state index in [1.807, 2.05) is 45.0 Å². The number of hydroxylamine groups is 2. The van der Waals surface area contributed by atoms with Crippen molar-refractivity contribution in [3.8, 4) is 0 Å². The molecule has 4 fully saturated rings. The van der Waals surface area contributed by atoms with Gasteiger partial charge in [0.25, 0.3) is 0 Å². The smallest absolute Gasteiger partial charge is 0.226 e. The Hall–Kier alpha value is -1.94. The first kappa shape index (κ1) is 28.2. The fraction of sp³-hybridized carbons (Fsp3) is 0.613. The van der Waals surface area contributed by atoms with E-state index in [1.165, 1.54) is 18.2 Å². The molecule has 0 amide bonds. The molecule has 1 heterocycles. The van der Waals surface area contributed by atoms with Crippen LogP contribution in [-0.2, 0) is 21.0 Å². The Balaban J connectivity index is 1.44. The standard InChI is InChI=1S/C31H36F3NO4S/c1-18-6-5-7-19(10-18)15-35-16-20-13-28(3)24-12-23(33)22-11-21(36)8-9-27(22,2)30(24,34)25(37)14-29(28,4)31(20,39-35)26(38)40-17-32/h5-11,20,23-25,37H,12-17H2,1-4H3/t20-,23-,24-,25-,27-,28-,29-,30-,31-/m0/s1. The first-order valence-electron chi connectivity index (χ1n) is 14.0. The van der Waals surface area contributed by atoms with Crippen LogP contribution >= 0.6 is 11.8 Å². The number of fused-ring (bicyclic) bond motifs is 7. The number of ketones is 1. The number of nitrogens with zero attached hydrogens (tertiary/aromatic N) is 1. The summed E-state index contributed by atoms with van der Waals surface area (Å²) in [7, 11) is 0. The number of aliphatic hydroxyl groups is 1. The Bertz CT molecular complexity index is 1340. The minimum Gasteiger partial charge on any atom is -0.390 e. The third-order valence-corrected chi connectivity index (χ3v) is 12.0. The molecule has 5 nitrogen and oxygen atoms in total. The number of hydrogen-bond acceptors (Lipinski definition) is 6. The van der Waals surface area contributed by atoms with Gasteiger partial charge in [0, 0.05) is 35.8 Å². The predicted octanol–water partition coefficient (Wildman–Crippen LogP) is 5.60. The second-order valence-electron chi connectivity index (χ2n) is 13.1. The van der Waals surface area contributed by atoms with Crippen LogP contribution in [0.4, 0.5) is 13.2 Å². The lowest BCUT2D eigenvalue weighted by atomic mass is 9.40. The summed E-state index contributed by atoms with van der Waals surface area (Å²) in [6, 6.07) is 7.02. The first-order valence-corrected chi connectivity index (χ1v) is 14.9. The van der Waals surface area contributed by atoms with Crippen LogP contribution in [0.1, 0.15) is 51.2 Å². The molecule has 216 valence electrons. The van der Waals surface area contributed by atoms with E-state index in [4.69, 9.17) is 4.84 Å². The van der Waals surface area contributed by atoms with Crippen LogP contribution in [0.15, 0.2) is 48.1 Å². The van der Waals surface area contributed by atoms with Gasteiger partial charge in [0.15, 0.2) is 17.1 Å². The van der Waals surface area contributed by atoms with E-state index in [1.54, 1.807) is 12.0 Å². The second-order valence-corrected chi connectivity index (χ2v) is 14.0. The Morgan fingerprint density at radius 3 is 2.70 bits per heavy atom. The van der Waals surface area contributed by atoms with E-state index in [0.29, 0.717) is 31.3 Å². The van der Waals surface area contributed by atoms with Gasteiger partial charge in [-0.05, 0) is 61.8 Å². The van der Waals surface area contributed by atoms with Crippen molar-refractivity contribution in [3.05, 3.63) is 59.2 Å². The van der Waals surface area contributed by atoms with Gasteiger partial charge in [-0.25, -0.2) is 13.2 Å². The van der Waals surface area contributed by atoms with Crippen LogP contribution in [-0.4, -0.2) is 57.2 Å². The van der Waals surface area contributed by atoms with E-state index in [2.05, 4.69) is 0 Å². The SMILES string of the molecule is Cc1cccc(CN2C[C@@H]3C[C@@]4(C)[C@@H]5C[C@H](F)C6=CC(=O)C=C[C@]6(C)[C@@]5(F)[C@@H](O)C[C@]4(C)[C@]3(C(=O)SCF)O2)c1. The highest BCUT2D eigenvalue weighted by molar-refractivity contribution is 8.13. The van der Waals surface area contributed by atoms with E-state index >= 15 is 8.78 Å². The van der Waals surface area contributed by atoms with Crippen molar-refractivity contribution < 1.29 is 32.7 Å². The van der Waals surface area contributed by atoms with Crippen molar-refractivity contribution in [1.82, 2.24) is 5.06 Å². The normalized spacial score (nSPS) is 45.9. The Morgan fingerprint density at radius 2 is 2.00 bits per heavy atom. The molecule has 9 atom stereocenters. The summed E-state index contributed by atoms with van der Waals surface area (Å²) in [6.07, 6.45) is 0.709. The van der Waals surface area contributed by atoms with Gasteiger partial charge in [-0.3, -0.25) is 14.4 Å². The second kappa shape index (κ2) is 9.03. The number of rotatable bonds is 4.